The molecule has 2 aliphatic heterocycles. The number of imide groups is 1. The second kappa shape index (κ2) is 12.4. The van der Waals surface area contributed by atoms with E-state index in [0.29, 0.717) is 30.9 Å². The Kier molecular flexibility index (Phi) is 8.95. The van der Waals surface area contributed by atoms with Crippen molar-refractivity contribution in [1.82, 2.24) is 10.2 Å². The Bertz CT molecular complexity index is 1160. The molecule has 2 heterocycles. The van der Waals surface area contributed by atoms with Gasteiger partial charge in [-0.05, 0) is 67.7 Å². The fourth-order valence-electron chi connectivity index (χ4n) is 6.59. The van der Waals surface area contributed by atoms with Crippen LogP contribution in [-0.2, 0) is 16.0 Å². The lowest BCUT2D eigenvalue weighted by molar-refractivity contribution is -0.235. The first-order chi connectivity index (χ1) is 19.2. The number of aliphatic hydroxyl groups excluding tert-OH is 3. The van der Waals surface area contributed by atoms with Gasteiger partial charge in [-0.2, -0.15) is 0 Å². The number of phenols is 1. The van der Waals surface area contributed by atoms with E-state index in [9.17, 15) is 30.0 Å². The van der Waals surface area contributed by atoms with Crippen LogP contribution in [0, 0.1) is 18.8 Å². The number of benzene rings is 1. The molecule has 0 spiro atoms. The standard InChI is InChI=1S/C31H42N2O7/c1-18-13-25(34)23(29-28(37)26(35)17-27(36)40-29)16-22(18)14-21-9-7-19(8-10-21)11-12-33-30(38)24(32-31(33)39)15-20-5-3-2-4-6-20/h7-9,13,16,20-21,24,26-29,34-37H,2-6,10-12,14-15,17H2,1H3,(H,32,39)/t21?,24-,26-,27-,28+,29-/m0/s1. The summed E-state index contributed by atoms with van der Waals surface area (Å²) in [6.07, 6.45) is 10.5. The molecule has 0 bridgehead atoms. The third-order valence-electron chi connectivity index (χ3n) is 9.02. The molecule has 0 radical (unpaired) electrons. The van der Waals surface area contributed by atoms with Crippen LogP contribution in [-0.4, -0.2) is 68.3 Å². The highest BCUT2D eigenvalue weighted by Gasteiger charge is 2.40. The zero-order chi connectivity index (χ0) is 28.4. The van der Waals surface area contributed by atoms with Crippen LogP contribution in [0.2, 0.25) is 0 Å². The highest BCUT2D eigenvalue weighted by molar-refractivity contribution is 6.04. The minimum atomic E-state index is -1.25. The third-order valence-corrected chi connectivity index (χ3v) is 9.02. The number of carbonyl (C=O) groups is 2. The summed E-state index contributed by atoms with van der Waals surface area (Å²) in [6.45, 7) is 2.28. The van der Waals surface area contributed by atoms with Gasteiger partial charge in [0.05, 0.1) is 6.10 Å². The molecule has 1 saturated carbocycles. The number of hydrogen-bond acceptors (Lipinski definition) is 7. The number of carbonyl (C=O) groups excluding carboxylic acids is 2. The molecule has 2 aliphatic carbocycles. The van der Waals surface area contributed by atoms with Crippen molar-refractivity contribution in [2.24, 2.45) is 11.8 Å². The van der Waals surface area contributed by atoms with Gasteiger partial charge in [-0.3, -0.25) is 9.69 Å². The number of aliphatic hydroxyl groups is 3. The van der Waals surface area contributed by atoms with Crippen LogP contribution >= 0.6 is 0 Å². The predicted molar refractivity (Wildman–Crippen MR) is 148 cm³/mol. The SMILES string of the molecule is Cc1cc(O)c([C@@H]2O[C@H](O)C[C@H](O)[C@H]2O)cc1CC1C=CC(CCN2C(=O)N[C@@H](CC3CCCCC3)C2=O)=CC1. The number of hydrogen-bond donors (Lipinski definition) is 5. The van der Waals surface area contributed by atoms with Crippen LogP contribution in [0.3, 0.4) is 0 Å². The lowest BCUT2D eigenvalue weighted by atomic mass is 9.85. The highest BCUT2D eigenvalue weighted by Crippen LogP contribution is 2.38. The highest BCUT2D eigenvalue weighted by atomic mass is 16.6. The second-order valence-electron chi connectivity index (χ2n) is 12.0. The Morgan fingerprint density at radius 1 is 1.10 bits per heavy atom. The number of aromatic hydroxyl groups is 1. The van der Waals surface area contributed by atoms with Gasteiger partial charge in [0, 0.05) is 18.5 Å². The molecule has 5 rings (SSSR count). The molecular formula is C31H42N2O7. The fraction of sp³-hybridized carbons (Fsp3) is 0.613. The summed E-state index contributed by atoms with van der Waals surface area (Å²) < 4.78 is 5.47. The topological polar surface area (TPSA) is 140 Å². The van der Waals surface area contributed by atoms with E-state index in [1.807, 2.05) is 6.92 Å². The Morgan fingerprint density at radius 3 is 2.60 bits per heavy atom. The maximum absolute atomic E-state index is 12.9. The first-order valence-corrected chi connectivity index (χ1v) is 14.7. The van der Waals surface area contributed by atoms with E-state index in [2.05, 4.69) is 23.5 Å². The van der Waals surface area contributed by atoms with Crippen molar-refractivity contribution in [2.45, 2.75) is 102 Å². The van der Waals surface area contributed by atoms with Gasteiger partial charge in [-0.15, -0.1) is 0 Å². The monoisotopic (exact) mass is 554 g/mol. The molecule has 9 nitrogen and oxygen atoms in total. The molecule has 6 atom stereocenters. The fourth-order valence-corrected chi connectivity index (χ4v) is 6.59. The Morgan fingerprint density at radius 2 is 1.88 bits per heavy atom. The molecule has 5 N–H and O–H groups in total. The molecule has 4 aliphatic rings. The average Bonchev–Trinajstić information content (AvgIpc) is 3.19. The number of amides is 3. The zero-order valence-corrected chi connectivity index (χ0v) is 23.2. The molecule has 3 fully saturated rings. The van der Waals surface area contributed by atoms with Crippen molar-refractivity contribution >= 4 is 11.9 Å². The van der Waals surface area contributed by atoms with Crippen molar-refractivity contribution in [2.75, 3.05) is 6.54 Å². The van der Waals surface area contributed by atoms with Crippen molar-refractivity contribution in [3.8, 4) is 5.75 Å². The van der Waals surface area contributed by atoms with E-state index >= 15 is 0 Å². The summed E-state index contributed by atoms with van der Waals surface area (Å²) in [6, 6.07) is 2.75. The quantitative estimate of drug-likeness (QED) is 0.310. The van der Waals surface area contributed by atoms with Gasteiger partial charge in [0.25, 0.3) is 5.91 Å². The summed E-state index contributed by atoms with van der Waals surface area (Å²) in [5.41, 5.74) is 3.32. The van der Waals surface area contributed by atoms with Crippen molar-refractivity contribution in [1.29, 1.82) is 0 Å². The summed E-state index contributed by atoms with van der Waals surface area (Å²) >= 11 is 0. The smallest absolute Gasteiger partial charge is 0.324 e. The van der Waals surface area contributed by atoms with E-state index in [1.54, 1.807) is 12.1 Å². The molecule has 2 saturated heterocycles. The maximum Gasteiger partial charge on any atom is 0.324 e. The van der Waals surface area contributed by atoms with E-state index in [-0.39, 0.29) is 36.1 Å². The molecule has 9 heteroatoms. The van der Waals surface area contributed by atoms with Crippen molar-refractivity contribution in [3.63, 3.8) is 0 Å². The average molecular weight is 555 g/mol. The molecule has 218 valence electrons. The number of allylic oxidation sites excluding steroid dienone is 3. The minimum Gasteiger partial charge on any atom is -0.508 e. The molecule has 1 aromatic carbocycles. The van der Waals surface area contributed by atoms with E-state index < -0.39 is 24.6 Å². The summed E-state index contributed by atoms with van der Waals surface area (Å²) in [4.78, 5) is 26.8. The van der Waals surface area contributed by atoms with Crippen LogP contribution in [0.25, 0.3) is 0 Å². The molecule has 1 unspecified atom stereocenters. The van der Waals surface area contributed by atoms with Crippen LogP contribution in [0.5, 0.6) is 5.75 Å². The van der Waals surface area contributed by atoms with Gasteiger partial charge in [0.15, 0.2) is 6.29 Å². The van der Waals surface area contributed by atoms with Gasteiger partial charge >= 0.3 is 6.03 Å². The van der Waals surface area contributed by atoms with Gasteiger partial charge in [-0.25, -0.2) is 4.79 Å². The normalized spacial score (nSPS) is 31.4. The van der Waals surface area contributed by atoms with E-state index in [4.69, 9.17) is 4.74 Å². The van der Waals surface area contributed by atoms with Gasteiger partial charge in [0.1, 0.15) is 24.0 Å². The molecule has 3 amide bonds. The largest absolute Gasteiger partial charge is 0.508 e. The number of urea groups is 1. The van der Waals surface area contributed by atoms with Crippen LogP contribution in [0.15, 0.2) is 35.9 Å². The van der Waals surface area contributed by atoms with Crippen LogP contribution < -0.4 is 5.32 Å². The molecule has 40 heavy (non-hydrogen) atoms. The van der Waals surface area contributed by atoms with Crippen LogP contribution in [0.1, 0.15) is 80.6 Å². The van der Waals surface area contributed by atoms with Gasteiger partial charge < -0.3 is 30.5 Å². The third kappa shape index (κ3) is 6.43. The number of ether oxygens (including phenoxy) is 1. The predicted octanol–water partition coefficient (Wildman–Crippen LogP) is 3.53. The minimum absolute atomic E-state index is 0.0468. The Balaban J connectivity index is 1.15. The zero-order valence-electron chi connectivity index (χ0n) is 23.2. The van der Waals surface area contributed by atoms with Gasteiger partial charge in [-0.1, -0.05) is 55.9 Å². The number of phenolic OH excluding ortho intramolecular Hbond substituents is 1. The Labute approximate surface area is 235 Å². The number of rotatable bonds is 8. The Hall–Kier alpha value is -2.72. The van der Waals surface area contributed by atoms with E-state index in [0.717, 1.165) is 42.4 Å². The second-order valence-corrected chi connectivity index (χ2v) is 12.0. The summed E-state index contributed by atoms with van der Waals surface area (Å²) in [5.74, 6) is 0.592. The molecule has 0 aromatic heterocycles. The first-order valence-electron chi connectivity index (χ1n) is 14.7. The first kappa shape index (κ1) is 28.8. The number of aryl methyl sites for hydroxylation is 1. The van der Waals surface area contributed by atoms with Crippen LogP contribution in [0.4, 0.5) is 4.79 Å². The number of nitrogens with one attached hydrogen (secondary N) is 1. The lowest BCUT2D eigenvalue weighted by Crippen LogP contribution is -2.43. The van der Waals surface area contributed by atoms with E-state index in [1.165, 1.54) is 24.2 Å². The summed E-state index contributed by atoms with van der Waals surface area (Å²) in [7, 11) is 0. The summed E-state index contributed by atoms with van der Waals surface area (Å²) in [5, 5.41) is 43.9. The van der Waals surface area contributed by atoms with Crippen molar-refractivity contribution in [3.05, 3.63) is 52.6 Å². The number of nitrogens with zero attached hydrogens (tertiary/aromatic N) is 1. The van der Waals surface area contributed by atoms with Gasteiger partial charge in [0.2, 0.25) is 0 Å². The lowest BCUT2D eigenvalue weighted by Gasteiger charge is -2.35. The molecular weight excluding hydrogens is 512 g/mol. The van der Waals surface area contributed by atoms with Crippen molar-refractivity contribution < 1.29 is 34.8 Å². The maximum atomic E-state index is 12.9. The molecule has 1 aromatic rings.